The van der Waals surface area contributed by atoms with Crippen molar-refractivity contribution < 1.29 is 0 Å². The molecule has 1 aliphatic rings. The Balaban J connectivity index is 2.69. The van der Waals surface area contributed by atoms with E-state index < -0.39 is 0 Å². The fourth-order valence-corrected chi connectivity index (χ4v) is 2.76. The SMILES string of the molecule is C#CC(=C)N/C(=C/C=C\CC1C=CC=CC1N/C(C)=C/C=C)CC/C=C\C. The van der Waals surface area contributed by atoms with E-state index in [2.05, 4.69) is 91.3 Å². The predicted octanol–water partition coefficient (Wildman–Crippen LogP) is 5.70. The largest absolute Gasteiger partial charge is 0.382 e. The number of rotatable bonds is 11. The lowest BCUT2D eigenvalue weighted by Gasteiger charge is -2.25. The van der Waals surface area contributed by atoms with Gasteiger partial charge < -0.3 is 10.6 Å². The maximum absolute atomic E-state index is 5.40. The first-order valence-corrected chi connectivity index (χ1v) is 9.41. The highest BCUT2D eigenvalue weighted by Gasteiger charge is 2.16. The van der Waals surface area contributed by atoms with Crippen LogP contribution in [0.1, 0.15) is 33.1 Å². The summed E-state index contributed by atoms with van der Waals surface area (Å²) in [5.74, 6) is 2.95. The van der Waals surface area contributed by atoms with E-state index in [1.807, 2.05) is 13.0 Å². The van der Waals surface area contributed by atoms with Gasteiger partial charge in [-0.25, -0.2) is 0 Å². The van der Waals surface area contributed by atoms with Gasteiger partial charge in [0.1, 0.15) is 0 Å². The molecule has 0 aromatic rings. The standard InChI is InChI=1S/C25H32N2/c1-6-9-10-18-24(26-21(4)8-3)19-13-11-16-23-17-12-14-20-25(23)27-22(5)15-7-2/h3,6-7,9,11-15,17,19-20,23,25-27H,2,4,10,16,18H2,1,5H3/b9-6-,13-11-,22-15+,24-19+. The summed E-state index contributed by atoms with van der Waals surface area (Å²) in [5.41, 5.74) is 2.78. The number of terminal acetylenes is 1. The van der Waals surface area contributed by atoms with E-state index in [0.29, 0.717) is 11.6 Å². The Bertz CT molecular complexity index is 705. The molecule has 0 bridgehead atoms. The monoisotopic (exact) mass is 360 g/mol. The van der Waals surface area contributed by atoms with E-state index in [1.54, 1.807) is 6.08 Å². The highest BCUT2D eigenvalue weighted by Crippen LogP contribution is 2.18. The van der Waals surface area contributed by atoms with Crippen LogP contribution in [0.15, 0.2) is 97.1 Å². The molecule has 27 heavy (non-hydrogen) atoms. The van der Waals surface area contributed by atoms with Crippen LogP contribution in [-0.2, 0) is 0 Å². The molecular formula is C25H32N2. The van der Waals surface area contributed by atoms with Gasteiger partial charge in [-0.3, -0.25) is 0 Å². The van der Waals surface area contributed by atoms with Crippen molar-refractivity contribution in [1.29, 1.82) is 0 Å². The van der Waals surface area contributed by atoms with Crippen LogP contribution in [0.25, 0.3) is 0 Å². The fraction of sp³-hybridized carbons (Fsp3) is 0.280. The quantitative estimate of drug-likeness (QED) is 0.280. The molecule has 1 rings (SSSR count). The van der Waals surface area contributed by atoms with Crippen LogP contribution in [0.3, 0.4) is 0 Å². The summed E-state index contributed by atoms with van der Waals surface area (Å²) in [6, 6.07) is 0.285. The summed E-state index contributed by atoms with van der Waals surface area (Å²) >= 11 is 0. The minimum absolute atomic E-state index is 0.285. The van der Waals surface area contributed by atoms with Crippen LogP contribution in [0, 0.1) is 18.3 Å². The molecule has 2 heteroatoms. The first-order valence-electron chi connectivity index (χ1n) is 9.41. The molecule has 0 radical (unpaired) electrons. The normalized spacial score (nSPS) is 20.0. The van der Waals surface area contributed by atoms with E-state index in [1.165, 1.54) is 0 Å². The molecule has 0 aliphatic heterocycles. The first kappa shape index (κ1) is 22.1. The summed E-state index contributed by atoms with van der Waals surface area (Å²) in [6.45, 7) is 11.7. The van der Waals surface area contributed by atoms with Crippen molar-refractivity contribution in [1.82, 2.24) is 10.6 Å². The summed E-state index contributed by atoms with van der Waals surface area (Å²) in [4.78, 5) is 0. The second-order valence-corrected chi connectivity index (χ2v) is 6.40. The number of allylic oxidation sites excluding steroid dienone is 12. The van der Waals surface area contributed by atoms with Crippen molar-refractivity contribution in [3.63, 3.8) is 0 Å². The molecule has 2 N–H and O–H groups in total. The molecule has 0 saturated heterocycles. The van der Waals surface area contributed by atoms with Gasteiger partial charge in [-0.1, -0.05) is 73.8 Å². The third-order valence-corrected chi connectivity index (χ3v) is 4.15. The predicted molar refractivity (Wildman–Crippen MR) is 120 cm³/mol. The zero-order valence-corrected chi connectivity index (χ0v) is 16.6. The van der Waals surface area contributed by atoms with Crippen LogP contribution in [0.5, 0.6) is 0 Å². The van der Waals surface area contributed by atoms with Crippen molar-refractivity contribution in [2.75, 3.05) is 0 Å². The minimum atomic E-state index is 0.285. The lowest BCUT2D eigenvalue weighted by molar-refractivity contribution is 0.509. The van der Waals surface area contributed by atoms with Gasteiger partial charge in [-0.15, -0.1) is 6.42 Å². The van der Waals surface area contributed by atoms with E-state index in [-0.39, 0.29) is 6.04 Å². The Morgan fingerprint density at radius 3 is 2.70 bits per heavy atom. The van der Waals surface area contributed by atoms with E-state index in [9.17, 15) is 0 Å². The van der Waals surface area contributed by atoms with Gasteiger partial charge in [0.05, 0.1) is 11.7 Å². The average Bonchev–Trinajstić information content (AvgIpc) is 2.66. The van der Waals surface area contributed by atoms with Crippen LogP contribution < -0.4 is 10.6 Å². The zero-order chi connectivity index (χ0) is 19.9. The van der Waals surface area contributed by atoms with Gasteiger partial charge in [0.15, 0.2) is 0 Å². The molecule has 0 aromatic heterocycles. The summed E-state index contributed by atoms with van der Waals surface area (Å²) in [6.07, 6.45) is 31.3. The van der Waals surface area contributed by atoms with Crippen LogP contribution in [-0.4, -0.2) is 6.04 Å². The Morgan fingerprint density at radius 1 is 1.22 bits per heavy atom. The van der Waals surface area contributed by atoms with Crippen LogP contribution >= 0.6 is 0 Å². The van der Waals surface area contributed by atoms with E-state index in [4.69, 9.17) is 6.42 Å². The van der Waals surface area contributed by atoms with Gasteiger partial charge in [0.2, 0.25) is 0 Å². The molecule has 0 saturated carbocycles. The number of hydrogen-bond donors (Lipinski definition) is 2. The van der Waals surface area contributed by atoms with E-state index in [0.717, 1.165) is 30.7 Å². The molecular weight excluding hydrogens is 328 g/mol. The maximum atomic E-state index is 5.40. The zero-order valence-electron chi connectivity index (χ0n) is 16.6. The third-order valence-electron chi connectivity index (χ3n) is 4.15. The minimum Gasteiger partial charge on any atom is -0.382 e. The highest BCUT2D eigenvalue weighted by molar-refractivity contribution is 5.26. The van der Waals surface area contributed by atoms with Crippen molar-refractivity contribution in [3.8, 4) is 12.3 Å². The molecule has 2 unspecified atom stereocenters. The molecule has 0 amide bonds. The molecule has 142 valence electrons. The molecule has 0 aromatic carbocycles. The topological polar surface area (TPSA) is 24.1 Å². The Hall–Kier alpha value is -2.92. The maximum Gasteiger partial charge on any atom is 0.0819 e. The second-order valence-electron chi connectivity index (χ2n) is 6.40. The van der Waals surface area contributed by atoms with Crippen molar-refractivity contribution in [2.45, 2.75) is 39.2 Å². The summed E-state index contributed by atoms with van der Waals surface area (Å²) in [5, 5.41) is 6.74. The van der Waals surface area contributed by atoms with Crippen molar-refractivity contribution in [2.24, 2.45) is 5.92 Å². The highest BCUT2D eigenvalue weighted by atomic mass is 14.9. The first-order chi connectivity index (χ1) is 13.1. The lowest BCUT2D eigenvalue weighted by atomic mass is 9.91. The molecule has 1 aliphatic carbocycles. The van der Waals surface area contributed by atoms with Gasteiger partial charge in [0, 0.05) is 17.3 Å². The Labute approximate surface area is 165 Å². The Morgan fingerprint density at radius 2 is 2.00 bits per heavy atom. The van der Waals surface area contributed by atoms with Crippen LogP contribution in [0.4, 0.5) is 0 Å². The number of hydrogen-bond acceptors (Lipinski definition) is 2. The molecule has 2 nitrogen and oxygen atoms in total. The van der Waals surface area contributed by atoms with Crippen molar-refractivity contribution in [3.05, 3.63) is 97.1 Å². The third kappa shape index (κ3) is 9.37. The number of nitrogens with one attached hydrogen (secondary N) is 2. The molecule has 0 heterocycles. The lowest BCUT2D eigenvalue weighted by Crippen LogP contribution is -2.33. The van der Waals surface area contributed by atoms with Gasteiger partial charge in [0.25, 0.3) is 0 Å². The average molecular weight is 361 g/mol. The Kier molecular flexibility index (Phi) is 10.9. The second kappa shape index (κ2) is 13.3. The fourth-order valence-electron chi connectivity index (χ4n) is 2.76. The molecule has 0 spiro atoms. The van der Waals surface area contributed by atoms with Crippen molar-refractivity contribution >= 4 is 0 Å². The smallest absolute Gasteiger partial charge is 0.0819 e. The summed E-state index contributed by atoms with van der Waals surface area (Å²) < 4.78 is 0. The molecule has 0 fully saturated rings. The van der Waals surface area contributed by atoms with Gasteiger partial charge in [-0.05, 0) is 45.3 Å². The van der Waals surface area contributed by atoms with E-state index >= 15 is 0 Å². The van der Waals surface area contributed by atoms with Gasteiger partial charge >= 0.3 is 0 Å². The van der Waals surface area contributed by atoms with Gasteiger partial charge in [-0.2, -0.15) is 0 Å². The summed E-state index contributed by atoms with van der Waals surface area (Å²) in [7, 11) is 0. The van der Waals surface area contributed by atoms with Crippen LogP contribution in [0.2, 0.25) is 0 Å². The molecule has 2 atom stereocenters.